The molecule has 3 aromatic rings. The number of benzene rings is 3. The van der Waals surface area contributed by atoms with Gasteiger partial charge in [0.15, 0.2) is 5.52 Å². The SMILES string of the molecule is Cc1cc(OCc2ccccc2)ccc1PC(=O)c1c(C)cc(C(C)(C)C)cc1C.[LiH]. The zero-order chi connectivity index (χ0) is 21.9. The van der Waals surface area contributed by atoms with E-state index in [0.29, 0.717) is 6.61 Å². The molecule has 0 aromatic heterocycles. The van der Waals surface area contributed by atoms with Crippen molar-refractivity contribution in [3.63, 3.8) is 0 Å². The van der Waals surface area contributed by atoms with Crippen molar-refractivity contribution < 1.29 is 9.53 Å². The maximum absolute atomic E-state index is 13.1. The van der Waals surface area contributed by atoms with Gasteiger partial charge < -0.3 is 4.74 Å². The summed E-state index contributed by atoms with van der Waals surface area (Å²) in [5.74, 6) is 0.833. The first kappa shape index (κ1) is 25.4. The van der Waals surface area contributed by atoms with Gasteiger partial charge in [0, 0.05) is 5.56 Å². The van der Waals surface area contributed by atoms with Crippen LogP contribution in [0.5, 0.6) is 5.75 Å². The fourth-order valence-corrected chi connectivity index (χ4v) is 4.75. The minimum atomic E-state index is 0. The van der Waals surface area contributed by atoms with Crippen LogP contribution in [0.2, 0.25) is 0 Å². The van der Waals surface area contributed by atoms with Crippen LogP contribution in [0.1, 0.15) is 58.9 Å². The second-order valence-electron chi connectivity index (χ2n) is 8.94. The molecule has 31 heavy (non-hydrogen) atoms. The van der Waals surface area contributed by atoms with E-state index in [1.807, 2.05) is 57.2 Å². The second kappa shape index (κ2) is 10.7. The van der Waals surface area contributed by atoms with Crippen LogP contribution in [0, 0.1) is 20.8 Å². The first-order valence-electron chi connectivity index (χ1n) is 10.4. The number of hydrogen-bond donors (Lipinski definition) is 0. The molecule has 4 heteroatoms. The van der Waals surface area contributed by atoms with E-state index in [4.69, 9.17) is 4.74 Å². The van der Waals surface area contributed by atoms with Gasteiger partial charge in [-0.25, -0.2) is 0 Å². The van der Waals surface area contributed by atoms with Crippen LogP contribution in [-0.2, 0) is 12.0 Å². The molecule has 3 aromatic carbocycles. The molecular weight excluding hydrogens is 394 g/mol. The van der Waals surface area contributed by atoms with Gasteiger partial charge in [-0.15, -0.1) is 0 Å². The standard InChI is InChI=1S/C27H31O2P.Li.H/c1-18-16-23(29-17-21-10-8-7-9-11-21)12-13-24(18)30-26(28)25-19(2)14-22(15-20(25)3)27(4,5)6;;/h7-16,30H,17H2,1-6H3;;. The van der Waals surface area contributed by atoms with E-state index in [1.54, 1.807) is 0 Å². The molecule has 1 unspecified atom stereocenters. The van der Waals surface area contributed by atoms with Crippen molar-refractivity contribution in [3.8, 4) is 5.75 Å². The molecule has 1 atom stereocenters. The minimum absolute atomic E-state index is 0. The molecule has 3 rings (SSSR count). The predicted molar refractivity (Wildman–Crippen MR) is 136 cm³/mol. The fourth-order valence-electron chi connectivity index (χ4n) is 3.55. The molecule has 158 valence electrons. The summed E-state index contributed by atoms with van der Waals surface area (Å²) in [5.41, 5.74) is 6.78. The Labute approximate surface area is 200 Å². The van der Waals surface area contributed by atoms with Gasteiger partial charge in [0.2, 0.25) is 0 Å². The van der Waals surface area contributed by atoms with Gasteiger partial charge in [0.25, 0.3) is 0 Å². The first-order chi connectivity index (χ1) is 14.1. The van der Waals surface area contributed by atoms with Crippen molar-refractivity contribution >= 4 is 38.3 Å². The zero-order valence-corrected chi connectivity index (χ0v) is 19.8. The summed E-state index contributed by atoms with van der Waals surface area (Å²) in [6.07, 6.45) is 0. The zero-order valence-electron chi connectivity index (χ0n) is 18.8. The van der Waals surface area contributed by atoms with Crippen molar-refractivity contribution in [3.05, 3.63) is 94.0 Å². The molecule has 0 aliphatic heterocycles. The third kappa shape index (κ3) is 6.57. The molecule has 0 saturated carbocycles. The average molecular weight is 426 g/mol. The van der Waals surface area contributed by atoms with Crippen LogP contribution in [0.4, 0.5) is 0 Å². The van der Waals surface area contributed by atoms with E-state index in [2.05, 4.69) is 45.0 Å². The Morgan fingerprint density at radius 1 is 0.871 bits per heavy atom. The number of rotatable bonds is 6. The predicted octanol–water partition coefficient (Wildman–Crippen LogP) is 5.98. The fraction of sp³-hybridized carbons (Fsp3) is 0.296. The molecule has 0 aliphatic rings. The van der Waals surface area contributed by atoms with E-state index in [-0.39, 0.29) is 38.4 Å². The van der Waals surface area contributed by atoms with Gasteiger partial charge in [-0.3, -0.25) is 4.79 Å². The molecule has 0 aliphatic carbocycles. The van der Waals surface area contributed by atoms with Gasteiger partial charge >= 0.3 is 18.9 Å². The van der Waals surface area contributed by atoms with Crippen LogP contribution in [0.3, 0.4) is 0 Å². The van der Waals surface area contributed by atoms with Crippen LogP contribution in [0.15, 0.2) is 60.7 Å². The third-order valence-corrected chi connectivity index (χ3v) is 6.63. The number of carbonyl (C=O) groups is 1. The molecule has 0 fully saturated rings. The Morgan fingerprint density at radius 3 is 2.03 bits per heavy atom. The van der Waals surface area contributed by atoms with Crippen molar-refractivity contribution in [2.45, 2.75) is 53.6 Å². The summed E-state index contributed by atoms with van der Waals surface area (Å²) in [7, 11) is 0.108. The number of aryl methyl sites for hydroxylation is 3. The van der Waals surface area contributed by atoms with Gasteiger partial charge in [0.05, 0.1) is 0 Å². The molecule has 0 radical (unpaired) electrons. The third-order valence-electron chi connectivity index (χ3n) is 5.32. The van der Waals surface area contributed by atoms with Crippen LogP contribution >= 0.6 is 8.58 Å². The Kier molecular flexibility index (Phi) is 8.73. The van der Waals surface area contributed by atoms with Gasteiger partial charge in [-0.2, -0.15) is 0 Å². The van der Waals surface area contributed by atoms with Crippen molar-refractivity contribution in [1.82, 2.24) is 0 Å². The molecule has 0 N–H and O–H groups in total. The van der Waals surface area contributed by atoms with E-state index in [1.165, 1.54) is 5.56 Å². The van der Waals surface area contributed by atoms with E-state index in [0.717, 1.165) is 38.9 Å². The Hall–Kier alpha value is -1.84. The van der Waals surface area contributed by atoms with Crippen molar-refractivity contribution in [1.29, 1.82) is 0 Å². The van der Waals surface area contributed by atoms with Crippen LogP contribution in [0.25, 0.3) is 0 Å². The van der Waals surface area contributed by atoms with Crippen molar-refractivity contribution in [2.75, 3.05) is 0 Å². The van der Waals surface area contributed by atoms with E-state index in [9.17, 15) is 4.79 Å². The molecule has 0 spiro atoms. The molecule has 0 bridgehead atoms. The normalized spacial score (nSPS) is 11.4. The second-order valence-corrected chi connectivity index (χ2v) is 10.2. The monoisotopic (exact) mass is 426 g/mol. The quantitative estimate of drug-likeness (QED) is 0.358. The van der Waals surface area contributed by atoms with Crippen LogP contribution in [-0.4, -0.2) is 24.4 Å². The summed E-state index contributed by atoms with van der Waals surface area (Å²) in [6, 6.07) is 20.5. The summed E-state index contributed by atoms with van der Waals surface area (Å²) < 4.78 is 5.92. The Bertz CT molecular complexity index is 1030. The molecule has 0 saturated heterocycles. The van der Waals surface area contributed by atoms with E-state index < -0.39 is 0 Å². The number of carbonyl (C=O) groups excluding carboxylic acids is 1. The Morgan fingerprint density at radius 2 is 1.48 bits per heavy atom. The Balaban J connectivity index is 0.00000341. The summed E-state index contributed by atoms with van der Waals surface area (Å²) in [5, 5.41) is 1.07. The summed E-state index contributed by atoms with van der Waals surface area (Å²) in [6.45, 7) is 13.3. The number of hydrogen-bond acceptors (Lipinski definition) is 2. The molecular formula is C27H32LiO2P. The average Bonchev–Trinajstić information content (AvgIpc) is 2.68. The van der Waals surface area contributed by atoms with Gasteiger partial charge in [-0.1, -0.05) is 69.3 Å². The summed E-state index contributed by atoms with van der Waals surface area (Å²) >= 11 is 0. The molecule has 2 nitrogen and oxygen atoms in total. The van der Waals surface area contributed by atoms with Gasteiger partial charge in [0.1, 0.15) is 12.4 Å². The van der Waals surface area contributed by atoms with Crippen LogP contribution < -0.4 is 10.0 Å². The molecule has 0 heterocycles. The summed E-state index contributed by atoms with van der Waals surface area (Å²) in [4.78, 5) is 13.1. The van der Waals surface area contributed by atoms with Crippen molar-refractivity contribution in [2.24, 2.45) is 0 Å². The molecule has 0 amide bonds. The maximum atomic E-state index is 13.1. The van der Waals surface area contributed by atoms with Gasteiger partial charge in [-0.05, 0) is 80.0 Å². The number of ether oxygens (including phenoxy) is 1. The van der Waals surface area contributed by atoms with E-state index >= 15 is 0 Å². The first-order valence-corrected chi connectivity index (χ1v) is 11.4. The topological polar surface area (TPSA) is 26.3 Å².